The average molecular weight is 377 g/mol. The van der Waals surface area contributed by atoms with E-state index in [1.807, 2.05) is 24.3 Å². The van der Waals surface area contributed by atoms with E-state index in [0.717, 1.165) is 37.1 Å². The third-order valence-corrected chi connectivity index (χ3v) is 5.92. The highest BCUT2D eigenvalue weighted by molar-refractivity contribution is 7.92. The molecule has 142 valence electrons. The quantitative estimate of drug-likeness (QED) is 0.541. The lowest BCUT2D eigenvalue weighted by Crippen LogP contribution is -2.48. The van der Waals surface area contributed by atoms with E-state index in [1.165, 1.54) is 15.8 Å². The van der Waals surface area contributed by atoms with E-state index in [-0.39, 0.29) is 0 Å². The van der Waals surface area contributed by atoms with Crippen LogP contribution in [0.1, 0.15) is 32.6 Å². The second kappa shape index (κ2) is 10.2. The number of hydrogen-bond acceptors (Lipinski definition) is 4. The molecule has 0 bridgehead atoms. The van der Waals surface area contributed by atoms with Gasteiger partial charge in [-0.1, -0.05) is 43.7 Å². The molecule has 0 aliphatic carbocycles. The highest BCUT2D eigenvalue weighted by Crippen LogP contribution is 2.28. The normalized spacial score (nSPS) is 15.7. The van der Waals surface area contributed by atoms with Crippen molar-refractivity contribution < 1.29 is 13.2 Å². The van der Waals surface area contributed by atoms with Gasteiger partial charge in [0.1, 0.15) is 5.75 Å². The summed E-state index contributed by atoms with van der Waals surface area (Å²) in [6.07, 6.45) is 5.65. The number of unbranched alkanes of at least 4 members (excludes halogenated alkanes) is 3. The summed E-state index contributed by atoms with van der Waals surface area (Å²) in [6, 6.07) is 7.80. The van der Waals surface area contributed by atoms with Crippen LogP contribution in [0.25, 0.3) is 0 Å². The zero-order valence-corrected chi connectivity index (χ0v) is 16.5. The summed E-state index contributed by atoms with van der Waals surface area (Å²) in [6.45, 7) is 4.32. The molecule has 1 aromatic rings. The van der Waals surface area contributed by atoms with E-state index >= 15 is 0 Å². The summed E-state index contributed by atoms with van der Waals surface area (Å²) < 4.78 is 31.7. The number of methoxy groups -OCH3 is 1. The molecule has 1 aliphatic rings. The van der Waals surface area contributed by atoms with E-state index in [4.69, 9.17) is 4.74 Å². The highest BCUT2D eigenvalue weighted by atomic mass is 32.2. The summed E-state index contributed by atoms with van der Waals surface area (Å²) in [7, 11) is -1.76. The van der Waals surface area contributed by atoms with Gasteiger partial charge in [0.05, 0.1) is 18.2 Å². The van der Waals surface area contributed by atoms with Gasteiger partial charge in [-0.25, -0.2) is 8.42 Å². The van der Waals surface area contributed by atoms with Crippen LogP contribution in [0.3, 0.4) is 0 Å². The Morgan fingerprint density at radius 1 is 1.15 bits per heavy atom. The molecule has 0 unspecified atom stereocenters. The van der Waals surface area contributed by atoms with Gasteiger partial charge >= 0.3 is 0 Å². The molecule has 5 nitrogen and oxygen atoms in total. The highest BCUT2D eigenvalue weighted by Gasteiger charge is 2.26. The van der Waals surface area contributed by atoms with Crippen molar-refractivity contribution in [3.8, 4) is 17.6 Å². The molecule has 1 saturated heterocycles. The van der Waals surface area contributed by atoms with Gasteiger partial charge in [-0.15, -0.1) is 0 Å². The number of ether oxygens (including phenoxy) is 1. The number of hydrogen-bond donors (Lipinski definition) is 0. The number of allylic oxidation sites excluding steroid dienone is 1. The number of nitrogens with zero attached hydrogens (tertiary/aromatic N) is 2. The van der Waals surface area contributed by atoms with Crippen LogP contribution in [0.2, 0.25) is 0 Å². The van der Waals surface area contributed by atoms with E-state index in [9.17, 15) is 8.42 Å². The van der Waals surface area contributed by atoms with Crippen LogP contribution in [-0.2, 0) is 10.0 Å². The predicted octanol–water partition coefficient (Wildman–Crippen LogP) is 3.24. The number of anilines is 1. The Kier molecular flexibility index (Phi) is 8.02. The first-order valence-corrected chi connectivity index (χ1v) is 10.6. The fourth-order valence-corrected chi connectivity index (χ4v) is 3.96. The van der Waals surface area contributed by atoms with Crippen LogP contribution < -0.4 is 9.64 Å². The van der Waals surface area contributed by atoms with Crippen molar-refractivity contribution in [2.24, 2.45) is 0 Å². The Morgan fingerprint density at radius 2 is 1.88 bits per heavy atom. The molecule has 0 aromatic heterocycles. The molecular weight excluding hydrogens is 348 g/mol. The van der Waals surface area contributed by atoms with Crippen molar-refractivity contribution in [2.75, 3.05) is 38.2 Å². The molecule has 0 saturated carbocycles. The van der Waals surface area contributed by atoms with Crippen molar-refractivity contribution in [1.29, 1.82) is 0 Å². The summed E-state index contributed by atoms with van der Waals surface area (Å²) in [5, 5.41) is 1.22. The molecule has 0 spiro atoms. The summed E-state index contributed by atoms with van der Waals surface area (Å²) in [4.78, 5) is 2.15. The molecule has 0 N–H and O–H groups in total. The molecule has 1 heterocycles. The molecule has 1 fully saturated rings. The number of rotatable bonds is 7. The van der Waals surface area contributed by atoms with Gasteiger partial charge in [-0.2, -0.15) is 4.31 Å². The fourth-order valence-electron chi connectivity index (χ4n) is 2.88. The number of benzene rings is 1. The number of para-hydroxylation sites is 2. The van der Waals surface area contributed by atoms with Crippen molar-refractivity contribution in [2.45, 2.75) is 32.6 Å². The molecule has 6 heteroatoms. The maximum absolute atomic E-state index is 12.4. The van der Waals surface area contributed by atoms with Crippen LogP contribution in [0, 0.1) is 11.8 Å². The molecule has 26 heavy (non-hydrogen) atoms. The predicted molar refractivity (Wildman–Crippen MR) is 107 cm³/mol. The van der Waals surface area contributed by atoms with Gasteiger partial charge in [0.15, 0.2) is 0 Å². The third-order valence-electron chi connectivity index (χ3n) is 4.36. The van der Waals surface area contributed by atoms with Crippen LogP contribution in [-0.4, -0.2) is 46.0 Å². The minimum Gasteiger partial charge on any atom is -0.495 e. The Labute approximate surface area is 157 Å². The van der Waals surface area contributed by atoms with E-state index < -0.39 is 10.0 Å². The average Bonchev–Trinajstić information content (AvgIpc) is 2.67. The fraction of sp³-hybridized carbons (Fsp3) is 0.500. The monoisotopic (exact) mass is 376 g/mol. The molecule has 1 aliphatic heterocycles. The van der Waals surface area contributed by atoms with E-state index in [0.29, 0.717) is 26.2 Å². The Bertz CT molecular complexity index is 755. The van der Waals surface area contributed by atoms with Gasteiger partial charge in [-0.05, 0) is 18.6 Å². The smallest absolute Gasteiger partial charge is 0.236 e. The van der Waals surface area contributed by atoms with Crippen molar-refractivity contribution in [3.63, 3.8) is 0 Å². The Morgan fingerprint density at radius 3 is 2.58 bits per heavy atom. The van der Waals surface area contributed by atoms with Crippen LogP contribution >= 0.6 is 0 Å². The largest absolute Gasteiger partial charge is 0.495 e. The SMILES string of the molecule is CCCCCC#CC=CS(=O)(=O)N1CCN(c2ccccc2OC)CC1. The van der Waals surface area contributed by atoms with Gasteiger partial charge < -0.3 is 9.64 Å². The first kappa shape index (κ1) is 20.3. The third kappa shape index (κ3) is 5.79. The first-order chi connectivity index (χ1) is 12.6. The molecule has 0 amide bonds. The van der Waals surface area contributed by atoms with Crippen molar-refractivity contribution in [3.05, 3.63) is 35.7 Å². The van der Waals surface area contributed by atoms with Crippen LogP contribution in [0.15, 0.2) is 35.7 Å². The van der Waals surface area contributed by atoms with Gasteiger partial charge in [0, 0.05) is 38.7 Å². The maximum Gasteiger partial charge on any atom is 0.236 e. The maximum atomic E-state index is 12.4. The molecule has 2 rings (SSSR count). The lowest BCUT2D eigenvalue weighted by molar-refractivity contribution is 0.382. The minimum absolute atomic E-state index is 0.453. The zero-order valence-electron chi connectivity index (χ0n) is 15.6. The topological polar surface area (TPSA) is 49.9 Å². The van der Waals surface area contributed by atoms with Gasteiger partial charge in [0.2, 0.25) is 10.0 Å². The second-order valence-electron chi connectivity index (χ2n) is 6.18. The zero-order chi connectivity index (χ0) is 18.8. The summed E-state index contributed by atoms with van der Waals surface area (Å²) in [5.74, 6) is 6.63. The second-order valence-corrected chi connectivity index (χ2v) is 8.00. The molecule has 0 atom stereocenters. The lowest BCUT2D eigenvalue weighted by Gasteiger charge is -2.35. The van der Waals surface area contributed by atoms with Gasteiger partial charge in [0.25, 0.3) is 0 Å². The van der Waals surface area contributed by atoms with Crippen LogP contribution in [0.4, 0.5) is 5.69 Å². The number of sulfonamides is 1. The molecular formula is C20H28N2O3S. The Balaban J connectivity index is 1.90. The molecule has 1 aromatic carbocycles. The standard InChI is InChI=1S/C20H28N2O3S/c1-3-4-5-6-7-8-11-18-26(23,24)22-16-14-21(15-17-22)19-12-9-10-13-20(19)25-2/h9-13,18H,3-6,14-17H2,1-2H3. The number of piperazine rings is 1. The van der Waals surface area contributed by atoms with E-state index in [1.54, 1.807) is 7.11 Å². The summed E-state index contributed by atoms with van der Waals surface area (Å²) >= 11 is 0. The van der Waals surface area contributed by atoms with E-state index in [2.05, 4.69) is 23.7 Å². The van der Waals surface area contributed by atoms with Crippen molar-refractivity contribution >= 4 is 15.7 Å². The van der Waals surface area contributed by atoms with Crippen LogP contribution in [0.5, 0.6) is 5.75 Å². The Hall–Kier alpha value is -1.97. The first-order valence-electron chi connectivity index (χ1n) is 9.11. The summed E-state index contributed by atoms with van der Waals surface area (Å²) in [5.41, 5.74) is 1.00. The van der Waals surface area contributed by atoms with Gasteiger partial charge in [-0.3, -0.25) is 0 Å². The minimum atomic E-state index is -3.41. The van der Waals surface area contributed by atoms with Crippen molar-refractivity contribution in [1.82, 2.24) is 4.31 Å². The lowest BCUT2D eigenvalue weighted by atomic mass is 10.2. The molecule has 0 radical (unpaired) electrons.